The number of aromatic nitrogens is 3. The summed E-state index contributed by atoms with van der Waals surface area (Å²) in [6, 6.07) is 9.36. The molecule has 26 heavy (non-hydrogen) atoms. The standard InChI is InChI=1S/C17H13F4N3O2/c1-10-6-14(25-12-5-3-4-11(18)8-12)22-15(7-10)26-16-9-13(17(19,20)21)23-24(16)2/h3-9H,1-2H3. The molecule has 0 radical (unpaired) electrons. The highest BCUT2D eigenvalue weighted by molar-refractivity contribution is 5.34. The molecule has 0 aliphatic heterocycles. The minimum absolute atomic E-state index is 0.0214. The molecule has 1 aromatic carbocycles. The number of alkyl halides is 3. The van der Waals surface area contributed by atoms with Gasteiger partial charge in [0.15, 0.2) is 5.69 Å². The van der Waals surface area contributed by atoms with E-state index in [2.05, 4.69) is 10.1 Å². The molecule has 0 amide bonds. The van der Waals surface area contributed by atoms with Crippen LogP contribution in [-0.4, -0.2) is 14.8 Å². The molecule has 2 aromatic heterocycles. The Labute approximate surface area is 145 Å². The predicted molar refractivity (Wildman–Crippen MR) is 83.7 cm³/mol. The van der Waals surface area contributed by atoms with Gasteiger partial charge >= 0.3 is 6.18 Å². The monoisotopic (exact) mass is 367 g/mol. The summed E-state index contributed by atoms with van der Waals surface area (Å²) in [5.41, 5.74) is -0.376. The molecular formula is C17H13F4N3O2. The second kappa shape index (κ2) is 6.66. The first-order valence-corrected chi connectivity index (χ1v) is 7.42. The Kier molecular flexibility index (Phi) is 4.54. The molecule has 0 atom stereocenters. The summed E-state index contributed by atoms with van der Waals surface area (Å²) < 4.78 is 63.2. The van der Waals surface area contributed by atoms with Crippen LogP contribution in [0.25, 0.3) is 0 Å². The van der Waals surface area contributed by atoms with E-state index in [4.69, 9.17) is 9.47 Å². The Balaban J connectivity index is 1.85. The van der Waals surface area contributed by atoms with Gasteiger partial charge in [-0.05, 0) is 24.6 Å². The number of rotatable bonds is 4. The molecule has 0 fully saturated rings. The topological polar surface area (TPSA) is 49.2 Å². The number of hydrogen-bond acceptors (Lipinski definition) is 4. The van der Waals surface area contributed by atoms with Gasteiger partial charge in [0.25, 0.3) is 0 Å². The lowest BCUT2D eigenvalue weighted by Crippen LogP contribution is -2.06. The van der Waals surface area contributed by atoms with Crippen LogP contribution >= 0.6 is 0 Å². The SMILES string of the molecule is Cc1cc(Oc2cccc(F)c2)nc(Oc2cc(C(F)(F)F)nn2C)c1. The fourth-order valence-electron chi connectivity index (χ4n) is 2.15. The smallest absolute Gasteiger partial charge is 0.435 e. The van der Waals surface area contributed by atoms with Crippen molar-refractivity contribution in [1.82, 2.24) is 14.8 Å². The number of benzene rings is 1. The first kappa shape index (κ1) is 17.7. The first-order valence-electron chi connectivity index (χ1n) is 7.42. The molecule has 0 aliphatic carbocycles. The van der Waals surface area contributed by atoms with Crippen LogP contribution in [0.1, 0.15) is 11.3 Å². The number of pyridine rings is 1. The summed E-state index contributed by atoms with van der Waals surface area (Å²) in [6.45, 7) is 1.73. The van der Waals surface area contributed by atoms with Crippen LogP contribution in [0.2, 0.25) is 0 Å². The lowest BCUT2D eigenvalue weighted by molar-refractivity contribution is -0.141. The van der Waals surface area contributed by atoms with Crippen molar-refractivity contribution in [3.8, 4) is 23.4 Å². The van der Waals surface area contributed by atoms with Crippen molar-refractivity contribution in [3.05, 3.63) is 59.5 Å². The number of halogens is 4. The normalized spacial score (nSPS) is 11.5. The van der Waals surface area contributed by atoms with E-state index in [0.717, 1.165) is 10.7 Å². The Hall–Kier alpha value is -3.10. The van der Waals surface area contributed by atoms with E-state index in [9.17, 15) is 17.6 Å². The third-order valence-corrected chi connectivity index (χ3v) is 3.28. The van der Waals surface area contributed by atoms with Crippen LogP contribution in [0.4, 0.5) is 17.6 Å². The minimum atomic E-state index is -4.58. The van der Waals surface area contributed by atoms with Crippen molar-refractivity contribution in [1.29, 1.82) is 0 Å². The van der Waals surface area contributed by atoms with Gasteiger partial charge in [0, 0.05) is 31.3 Å². The van der Waals surface area contributed by atoms with E-state index < -0.39 is 17.7 Å². The first-order chi connectivity index (χ1) is 12.2. The average molecular weight is 367 g/mol. The molecule has 2 heterocycles. The van der Waals surface area contributed by atoms with Gasteiger partial charge in [-0.1, -0.05) is 6.07 Å². The van der Waals surface area contributed by atoms with Gasteiger partial charge < -0.3 is 9.47 Å². The van der Waals surface area contributed by atoms with E-state index in [-0.39, 0.29) is 23.4 Å². The van der Waals surface area contributed by atoms with Crippen LogP contribution in [0.15, 0.2) is 42.5 Å². The maximum absolute atomic E-state index is 13.2. The van der Waals surface area contributed by atoms with E-state index in [1.165, 1.54) is 31.3 Å². The zero-order valence-electron chi connectivity index (χ0n) is 13.7. The molecule has 0 spiro atoms. The van der Waals surface area contributed by atoms with Crippen LogP contribution in [-0.2, 0) is 13.2 Å². The van der Waals surface area contributed by atoms with Gasteiger partial charge in [0.1, 0.15) is 11.6 Å². The molecule has 3 aromatic rings. The fourth-order valence-corrected chi connectivity index (χ4v) is 2.15. The Bertz CT molecular complexity index is 938. The van der Waals surface area contributed by atoms with Crippen molar-refractivity contribution in [2.45, 2.75) is 13.1 Å². The van der Waals surface area contributed by atoms with Crippen LogP contribution in [0.3, 0.4) is 0 Å². The van der Waals surface area contributed by atoms with Crippen molar-refractivity contribution in [2.24, 2.45) is 7.05 Å². The van der Waals surface area contributed by atoms with Crippen molar-refractivity contribution in [2.75, 3.05) is 0 Å². The fraction of sp³-hybridized carbons (Fsp3) is 0.176. The molecule has 0 saturated heterocycles. The maximum atomic E-state index is 13.2. The van der Waals surface area contributed by atoms with Crippen LogP contribution < -0.4 is 9.47 Å². The molecule has 0 saturated carbocycles. The van der Waals surface area contributed by atoms with E-state index in [0.29, 0.717) is 5.56 Å². The molecule has 0 bridgehead atoms. The largest absolute Gasteiger partial charge is 0.439 e. The summed E-state index contributed by atoms with van der Waals surface area (Å²) in [5.74, 6) is -0.237. The quantitative estimate of drug-likeness (QED) is 0.618. The Morgan fingerprint density at radius 1 is 1.00 bits per heavy atom. The molecule has 3 rings (SSSR count). The number of aryl methyl sites for hydroxylation is 2. The lowest BCUT2D eigenvalue weighted by Gasteiger charge is -2.09. The second-order valence-corrected chi connectivity index (χ2v) is 5.47. The minimum Gasteiger partial charge on any atom is -0.439 e. The molecule has 0 N–H and O–H groups in total. The maximum Gasteiger partial charge on any atom is 0.435 e. The van der Waals surface area contributed by atoms with Crippen LogP contribution in [0, 0.1) is 12.7 Å². The van der Waals surface area contributed by atoms with E-state index >= 15 is 0 Å². The predicted octanol–water partition coefficient (Wildman–Crippen LogP) is 4.87. The highest BCUT2D eigenvalue weighted by atomic mass is 19.4. The van der Waals surface area contributed by atoms with Gasteiger partial charge in [0.2, 0.25) is 17.6 Å². The third kappa shape index (κ3) is 4.11. The molecule has 5 nitrogen and oxygen atoms in total. The Morgan fingerprint density at radius 2 is 1.69 bits per heavy atom. The summed E-state index contributed by atoms with van der Waals surface area (Å²) in [4.78, 5) is 4.08. The molecular weight excluding hydrogens is 354 g/mol. The van der Waals surface area contributed by atoms with Gasteiger partial charge in [-0.15, -0.1) is 0 Å². The molecule has 0 unspecified atom stereocenters. The zero-order chi connectivity index (χ0) is 18.9. The van der Waals surface area contributed by atoms with Crippen LogP contribution in [0.5, 0.6) is 23.4 Å². The zero-order valence-corrected chi connectivity index (χ0v) is 13.7. The Morgan fingerprint density at radius 3 is 2.31 bits per heavy atom. The van der Waals surface area contributed by atoms with E-state index in [1.54, 1.807) is 19.1 Å². The number of hydrogen-bond donors (Lipinski definition) is 0. The van der Waals surface area contributed by atoms with Gasteiger partial charge in [-0.2, -0.15) is 23.3 Å². The van der Waals surface area contributed by atoms with Gasteiger partial charge in [-0.3, -0.25) is 0 Å². The van der Waals surface area contributed by atoms with Crippen molar-refractivity contribution < 1.29 is 27.0 Å². The molecule has 0 aliphatic rings. The van der Waals surface area contributed by atoms with Gasteiger partial charge in [-0.25, -0.2) is 9.07 Å². The summed E-state index contributed by atoms with van der Waals surface area (Å²) in [6.07, 6.45) is -4.58. The molecule has 136 valence electrons. The van der Waals surface area contributed by atoms with Crippen molar-refractivity contribution >= 4 is 0 Å². The molecule has 9 heteroatoms. The van der Waals surface area contributed by atoms with Gasteiger partial charge in [0.05, 0.1) is 0 Å². The lowest BCUT2D eigenvalue weighted by atomic mass is 10.3. The summed E-state index contributed by atoms with van der Waals surface area (Å²) >= 11 is 0. The van der Waals surface area contributed by atoms with E-state index in [1.807, 2.05) is 0 Å². The number of ether oxygens (including phenoxy) is 2. The summed E-state index contributed by atoms with van der Waals surface area (Å²) in [7, 11) is 1.32. The van der Waals surface area contributed by atoms with Crippen molar-refractivity contribution in [3.63, 3.8) is 0 Å². The number of nitrogens with zero attached hydrogens (tertiary/aromatic N) is 3. The summed E-state index contributed by atoms with van der Waals surface area (Å²) in [5, 5.41) is 3.37. The highest BCUT2D eigenvalue weighted by Gasteiger charge is 2.35. The highest BCUT2D eigenvalue weighted by Crippen LogP contribution is 2.32. The third-order valence-electron chi connectivity index (χ3n) is 3.28. The second-order valence-electron chi connectivity index (χ2n) is 5.47. The average Bonchev–Trinajstić information content (AvgIpc) is 2.88.